The lowest BCUT2D eigenvalue weighted by atomic mass is 10.1. The highest BCUT2D eigenvalue weighted by molar-refractivity contribution is 8.01. The maximum atomic E-state index is 13.1. The molecule has 0 saturated carbocycles. The molecule has 1 N–H and O–H groups in total. The van der Waals surface area contributed by atoms with Gasteiger partial charge in [0.25, 0.3) is 0 Å². The first kappa shape index (κ1) is 22.1. The van der Waals surface area contributed by atoms with Crippen LogP contribution in [-0.2, 0) is 26.0 Å². The number of rotatable bonds is 6. The first-order chi connectivity index (χ1) is 14.8. The van der Waals surface area contributed by atoms with Crippen molar-refractivity contribution < 1.29 is 22.7 Å². The van der Waals surface area contributed by atoms with Crippen LogP contribution in [0.1, 0.15) is 19.4 Å². The Kier molecular flexibility index (Phi) is 6.57. The van der Waals surface area contributed by atoms with Crippen molar-refractivity contribution in [3.05, 3.63) is 48.0 Å². The standard InChI is InChI=1S/C22H26N2O5S2/c1-15(2)29-19-8-7-17(31(26,27)24-9-11-28-12-10-24)14-18(19)23-22(25)21-13-16-5-3-4-6-20(16)30-21/h3-8,14-15,21H,9-13H2,1-2H3,(H,23,25)/t21-/m1/s1. The maximum Gasteiger partial charge on any atom is 0.243 e. The summed E-state index contributed by atoms with van der Waals surface area (Å²) in [6, 6.07) is 12.6. The monoisotopic (exact) mass is 462 g/mol. The average molecular weight is 463 g/mol. The molecule has 2 heterocycles. The fourth-order valence-corrected chi connectivity index (χ4v) is 6.23. The van der Waals surface area contributed by atoms with Crippen molar-refractivity contribution >= 4 is 33.4 Å². The molecule has 1 atom stereocenters. The fourth-order valence-electron chi connectivity index (χ4n) is 3.60. The van der Waals surface area contributed by atoms with E-state index in [0.29, 0.717) is 44.2 Å². The number of nitrogens with one attached hydrogen (secondary N) is 1. The van der Waals surface area contributed by atoms with Gasteiger partial charge >= 0.3 is 0 Å². The Balaban J connectivity index is 1.59. The molecule has 2 aromatic rings. The van der Waals surface area contributed by atoms with Crippen molar-refractivity contribution in [2.45, 2.75) is 41.4 Å². The molecule has 0 radical (unpaired) electrons. The molecule has 1 amide bonds. The molecule has 1 fully saturated rings. The van der Waals surface area contributed by atoms with Crippen LogP contribution in [0.3, 0.4) is 0 Å². The number of hydrogen-bond donors (Lipinski definition) is 1. The first-order valence-corrected chi connectivity index (χ1v) is 12.6. The number of thioether (sulfide) groups is 1. The predicted octanol–water partition coefficient (Wildman–Crippen LogP) is 3.15. The minimum atomic E-state index is -3.69. The van der Waals surface area contributed by atoms with Crippen LogP contribution in [0.4, 0.5) is 5.69 Å². The number of fused-ring (bicyclic) bond motifs is 1. The van der Waals surface area contributed by atoms with Gasteiger partial charge in [0, 0.05) is 18.0 Å². The number of anilines is 1. The summed E-state index contributed by atoms with van der Waals surface area (Å²) in [6.45, 7) is 5.13. The zero-order valence-electron chi connectivity index (χ0n) is 17.5. The number of amides is 1. The van der Waals surface area contributed by atoms with Crippen molar-refractivity contribution in [2.24, 2.45) is 0 Å². The number of ether oxygens (including phenoxy) is 2. The van der Waals surface area contributed by atoms with E-state index in [9.17, 15) is 13.2 Å². The number of hydrogen-bond acceptors (Lipinski definition) is 6. The lowest BCUT2D eigenvalue weighted by molar-refractivity contribution is -0.115. The van der Waals surface area contributed by atoms with Crippen LogP contribution in [-0.4, -0.2) is 56.3 Å². The number of sulfonamides is 1. The van der Waals surface area contributed by atoms with Crippen LogP contribution in [0.5, 0.6) is 5.75 Å². The van der Waals surface area contributed by atoms with Gasteiger partial charge in [0.2, 0.25) is 15.9 Å². The Hall–Kier alpha value is -2.07. The largest absolute Gasteiger partial charge is 0.489 e. The van der Waals surface area contributed by atoms with Gasteiger partial charge in [-0.25, -0.2) is 8.42 Å². The van der Waals surface area contributed by atoms with Crippen LogP contribution in [0, 0.1) is 0 Å². The van der Waals surface area contributed by atoms with Crippen LogP contribution < -0.4 is 10.1 Å². The molecule has 4 rings (SSSR count). The van der Waals surface area contributed by atoms with Crippen molar-refractivity contribution in [3.63, 3.8) is 0 Å². The second kappa shape index (κ2) is 9.20. The molecule has 0 bridgehead atoms. The molecule has 2 aliphatic rings. The van der Waals surface area contributed by atoms with Gasteiger partial charge < -0.3 is 14.8 Å². The maximum absolute atomic E-state index is 13.1. The van der Waals surface area contributed by atoms with Crippen molar-refractivity contribution in [1.82, 2.24) is 4.31 Å². The SMILES string of the molecule is CC(C)Oc1ccc(S(=O)(=O)N2CCOCC2)cc1NC(=O)[C@H]1Cc2ccccc2S1. The van der Waals surface area contributed by atoms with E-state index in [0.717, 1.165) is 10.5 Å². The summed E-state index contributed by atoms with van der Waals surface area (Å²) in [7, 11) is -3.69. The summed E-state index contributed by atoms with van der Waals surface area (Å²) in [6.07, 6.45) is 0.515. The molecule has 0 aromatic heterocycles. The number of carbonyl (C=O) groups is 1. The zero-order valence-corrected chi connectivity index (χ0v) is 19.2. The number of morpholine rings is 1. The van der Waals surface area contributed by atoms with Crippen LogP contribution in [0.2, 0.25) is 0 Å². The minimum absolute atomic E-state index is 0.123. The third-order valence-corrected chi connectivity index (χ3v) is 8.33. The molecule has 1 saturated heterocycles. The summed E-state index contributed by atoms with van der Waals surface area (Å²) in [5.41, 5.74) is 1.51. The summed E-state index contributed by atoms with van der Waals surface area (Å²) in [4.78, 5) is 14.2. The lowest BCUT2D eigenvalue weighted by Crippen LogP contribution is -2.40. The molecule has 0 aliphatic carbocycles. The summed E-state index contributed by atoms with van der Waals surface area (Å²) < 4.78 is 38.7. The molecule has 2 aromatic carbocycles. The highest BCUT2D eigenvalue weighted by Crippen LogP contribution is 2.38. The lowest BCUT2D eigenvalue weighted by Gasteiger charge is -2.26. The van der Waals surface area contributed by atoms with E-state index in [2.05, 4.69) is 5.32 Å². The molecule has 7 nitrogen and oxygen atoms in total. The second-order valence-corrected chi connectivity index (χ2v) is 10.9. The Morgan fingerprint density at radius 2 is 1.94 bits per heavy atom. The highest BCUT2D eigenvalue weighted by atomic mass is 32.2. The molecule has 0 spiro atoms. The normalized spacial score (nSPS) is 19.3. The van der Waals surface area contributed by atoms with E-state index in [1.54, 1.807) is 6.07 Å². The number of nitrogens with zero attached hydrogens (tertiary/aromatic N) is 1. The highest BCUT2D eigenvalue weighted by Gasteiger charge is 2.30. The van der Waals surface area contributed by atoms with Crippen LogP contribution in [0.25, 0.3) is 0 Å². The van der Waals surface area contributed by atoms with Gasteiger partial charge in [-0.05, 0) is 50.1 Å². The fraction of sp³-hybridized carbons (Fsp3) is 0.409. The number of benzene rings is 2. The third-order valence-electron chi connectivity index (χ3n) is 5.12. The average Bonchev–Trinajstić information content (AvgIpc) is 3.19. The van der Waals surface area contributed by atoms with Gasteiger partial charge in [-0.3, -0.25) is 4.79 Å². The van der Waals surface area contributed by atoms with Gasteiger partial charge in [-0.1, -0.05) is 18.2 Å². The van der Waals surface area contributed by atoms with E-state index in [1.807, 2.05) is 38.1 Å². The zero-order chi connectivity index (χ0) is 22.0. The van der Waals surface area contributed by atoms with Crippen molar-refractivity contribution in [1.29, 1.82) is 0 Å². The van der Waals surface area contributed by atoms with E-state index >= 15 is 0 Å². The second-order valence-electron chi connectivity index (χ2n) is 7.75. The molecule has 9 heteroatoms. The van der Waals surface area contributed by atoms with E-state index in [1.165, 1.54) is 28.2 Å². The Morgan fingerprint density at radius 1 is 1.19 bits per heavy atom. The summed E-state index contributed by atoms with van der Waals surface area (Å²) in [5, 5.41) is 2.64. The third kappa shape index (κ3) is 4.90. The molecule has 2 aliphatic heterocycles. The smallest absolute Gasteiger partial charge is 0.243 e. The Bertz CT molecular complexity index is 1040. The van der Waals surface area contributed by atoms with Crippen LogP contribution >= 0.6 is 11.8 Å². The first-order valence-electron chi connectivity index (χ1n) is 10.3. The van der Waals surface area contributed by atoms with E-state index < -0.39 is 10.0 Å². The number of carbonyl (C=O) groups excluding carboxylic acids is 1. The molecular weight excluding hydrogens is 436 g/mol. The molecule has 0 unspecified atom stereocenters. The predicted molar refractivity (Wildman–Crippen MR) is 120 cm³/mol. The van der Waals surface area contributed by atoms with Crippen LogP contribution in [0.15, 0.2) is 52.3 Å². The van der Waals surface area contributed by atoms with E-state index in [4.69, 9.17) is 9.47 Å². The molecule has 31 heavy (non-hydrogen) atoms. The topological polar surface area (TPSA) is 84.9 Å². The van der Waals surface area contributed by atoms with Crippen molar-refractivity contribution in [3.8, 4) is 5.75 Å². The van der Waals surface area contributed by atoms with Gasteiger partial charge in [0.05, 0.1) is 35.2 Å². The van der Waals surface area contributed by atoms with Crippen molar-refractivity contribution in [2.75, 3.05) is 31.6 Å². The quantitative estimate of drug-likeness (QED) is 0.710. The van der Waals surface area contributed by atoms with Gasteiger partial charge in [-0.2, -0.15) is 4.31 Å². The summed E-state index contributed by atoms with van der Waals surface area (Å²) >= 11 is 1.52. The Morgan fingerprint density at radius 3 is 2.65 bits per heavy atom. The molecule has 166 valence electrons. The van der Waals surface area contributed by atoms with Gasteiger partial charge in [0.15, 0.2) is 0 Å². The van der Waals surface area contributed by atoms with Gasteiger partial charge in [0.1, 0.15) is 5.75 Å². The molecular formula is C22H26N2O5S2. The summed E-state index contributed by atoms with van der Waals surface area (Å²) in [5.74, 6) is 0.278. The minimum Gasteiger partial charge on any atom is -0.489 e. The van der Waals surface area contributed by atoms with Gasteiger partial charge in [-0.15, -0.1) is 11.8 Å². The van der Waals surface area contributed by atoms with E-state index in [-0.39, 0.29) is 22.2 Å². The Labute approximate surface area is 187 Å².